The van der Waals surface area contributed by atoms with Crippen molar-refractivity contribution in [2.45, 2.75) is 19.4 Å². The number of hydrogen-bond donors (Lipinski definition) is 0. The zero-order chi connectivity index (χ0) is 16.9. The molecule has 0 radical (unpaired) electrons. The van der Waals surface area contributed by atoms with Crippen LogP contribution in [0.4, 0.5) is 0 Å². The lowest BCUT2D eigenvalue weighted by Crippen LogP contribution is -2.49. The molecule has 3 rings (SSSR count). The maximum Gasteiger partial charge on any atom is 0.227 e. The van der Waals surface area contributed by atoms with Gasteiger partial charge in [-0.3, -0.25) is 9.69 Å². The first-order valence-corrected chi connectivity index (χ1v) is 9.23. The van der Waals surface area contributed by atoms with Crippen LogP contribution < -0.4 is 4.74 Å². The predicted molar refractivity (Wildman–Crippen MR) is 97.6 cm³/mol. The summed E-state index contributed by atoms with van der Waals surface area (Å²) in [6, 6.07) is 12.5. The third-order valence-corrected chi connectivity index (χ3v) is 5.70. The molecule has 0 bridgehead atoms. The summed E-state index contributed by atoms with van der Waals surface area (Å²) in [7, 11) is 1.65. The molecule has 2 heterocycles. The van der Waals surface area contributed by atoms with Crippen molar-refractivity contribution in [1.29, 1.82) is 0 Å². The molecule has 1 atom stereocenters. The molecule has 1 fully saturated rings. The minimum Gasteiger partial charge on any atom is -0.497 e. The van der Waals surface area contributed by atoms with Crippen LogP contribution in [0, 0.1) is 0 Å². The number of ether oxygens (including phenoxy) is 1. The van der Waals surface area contributed by atoms with Crippen molar-refractivity contribution in [3.8, 4) is 5.75 Å². The first kappa shape index (κ1) is 17.0. The van der Waals surface area contributed by atoms with Crippen LogP contribution >= 0.6 is 11.3 Å². The molecule has 0 aliphatic carbocycles. The van der Waals surface area contributed by atoms with Gasteiger partial charge in [0.25, 0.3) is 0 Å². The Balaban J connectivity index is 1.53. The van der Waals surface area contributed by atoms with E-state index in [1.807, 2.05) is 29.2 Å². The highest BCUT2D eigenvalue weighted by atomic mass is 32.1. The molecule has 0 saturated carbocycles. The van der Waals surface area contributed by atoms with E-state index in [9.17, 15) is 4.79 Å². The highest BCUT2D eigenvalue weighted by Crippen LogP contribution is 2.25. The van der Waals surface area contributed by atoms with Crippen LogP contribution in [0.15, 0.2) is 41.8 Å². The number of thiophene rings is 1. The first-order chi connectivity index (χ1) is 11.7. The predicted octanol–water partition coefficient (Wildman–Crippen LogP) is 3.20. The van der Waals surface area contributed by atoms with Gasteiger partial charge in [-0.15, -0.1) is 11.3 Å². The molecule has 1 unspecified atom stereocenters. The molecular formula is C19H24N2O2S. The van der Waals surface area contributed by atoms with Crippen molar-refractivity contribution in [3.63, 3.8) is 0 Å². The molecule has 1 aliphatic rings. The number of nitrogens with zero attached hydrogens (tertiary/aromatic N) is 2. The van der Waals surface area contributed by atoms with E-state index in [1.165, 1.54) is 4.88 Å². The maximum atomic E-state index is 12.5. The number of piperazine rings is 1. The number of carbonyl (C=O) groups excluding carboxylic acids is 1. The zero-order valence-electron chi connectivity index (χ0n) is 14.3. The average Bonchev–Trinajstić information content (AvgIpc) is 3.16. The molecule has 5 heteroatoms. The molecule has 2 aromatic rings. The minimum atomic E-state index is 0.201. The van der Waals surface area contributed by atoms with Crippen molar-refractivity contribution in [2.24, 2.45) is 0 Å². The zero-order valence-corrected chi connectivity index (χ0v) is 15.1. The van der Waals surface area contributed by atoms with Gasteiger partial charge >= 0.3 is 0 Å². The summed E-state index contributed by atoms with van der Waals surface area (Å²) >= 11 is 1.80. The Bertz CT molecular complexity index is 664. The lowest BCUT2D eigenvalue weighted by molar-refractivity contribution is -0.132. The molecule has 1 aromatic heterocycles. The van der Waals surface area contributed by atoms with Gasteiger partial charge in [0, 0.05) is 37.1 Å². The van der Waals surface area contributed by atoms with Crippen molar-refractivity contribution in [3.05, 3.63) is 52.2 Å². The standard InChI is InChI=1S/C19H24N2O2S/c1-15(18-7-4-12-24-18)20-8-10-21(11-9-20)19(22)14-16-5-3-6-17(13-16)23-2/h3-7,12-13,15H,8-11,14H2,1-2H3. The summed E-state index contributed by atoms with van der Waals surface area (Å²) < 4.78 is 5.23. The summed E-state index contributed by atoms with van der Waals surface area (Å²) in [5.41, 5.74) is 1.01. The van der Waals surface area contributed by atoms with Crippen LogP contribution in [0.5, 0.6) is 5.75 Å². The Morgan fingerprint density at radius 2 is 2.00 bits per heavy atom. The molecule has 128 valence electrons. The Hall–Kier alpha value is -1.85. The summed E-state index contributed by atoms with van der Waals surface area (Å²) in [5.74, 6) is 1.00. The first-order valence-electron chi connectivity index (χ1n) is 8.35. The second kappa shape index (κ2) is 7.81. The van der Waals surface area contributed by atoms with Crippen LogP contribution in [-0.2, 0) is 11.2 Å². The lowest BCUT2D eigenvalue weighted by atomic mass is 10.1. The van der Waals surface area contributed by atoms with Gasteiger partial charge in [0.1, 0.15) is 5.75 Å². The van der Waals surface area contributed by atoms with E-state index in [1.54, 1.807) is 18.4 Å². The third-order valence-electron chi connectivity index (χ3n) is 4.66. The van der Waals surface area contributed by atoms with Gasteiger partial charge in [-0.2, -0.15) is 0 Å². The third kappa shape index (κ3) is 3.97. The Kier molecular flexibility index (Phi) is 5.53. The number of rotatable bonds is 5. The molecule has 24 heavy (non-hydrogen) atoms. The molecule has 4 nitrogen and oxygen atoms in total. The Labute approximate surface area is 147 Å². The quantitative estimate of drug-likeness (QED) is 0.835. The van der Waals surface area contributed by atoms with Gasteiger partial charge in [-0.1, -0.05) is 18.2 Å². The van der Waals surface area contributed by atoms with E-state index in [0.29, 0.717) is 12.5 Å². The Morgan fingerprint density at radius 3 is 2.67 bits per heavy atom. The van der Waals surface area contributed by atoms with Crippen LogP contribution in [0.2, 0.25) is 0 Å². The molecule has 1 aliphatic heterocycles. The molecule has 0 N–H and O–H groups in total. The van der Waals surface area contributed by atoms with Crippen LogP contribution in [0.3, 0.4) is 0 Å². The van der Waals surface area contributed by atoms with Crippen LogP contribution in [0.1, 0.15) is 23.4 Å². The molecule has 1 saturated heterocycles. The van der Waals surface area contributed by atoms with Gasteiger partial charge in [0.15, 0.2) is 0 Å². The molecular weight excluding hydrogens is 320 g/mol. The molecule has 0 spiro atoms. The van der Waals surface area contributed by atoms with Gasteiger partial charge in [-0.05, 0) is 36.1 Å². The maximum absolute atomic E-state index is 12.5. The van der Waals surface area contributed by atoms with E-state index < -0.39 is 0 Å². The number of amides is 1. The fraction of sp³-hybridized carbons (Fsp3) is 0.421. The number of methoxy groups -OCH3 is 1. The van der Waals surface area contributed by atoms with E-state index in [2.05, 4.69) is 29.3 Å². The van der Waals surface area contributed by atoms with Crippen molar-refractivity contribution in [2.75, 3.05) is 33.3 Å². The summed E-state index contributed by atoms with van der Waals surface area (Å²) in [6.45, 7) is 5.72. The van der Waals surface area contributed by atoms with Gasteiger partial charge in [0.2, 0.25) is 5.91 Å². The highest BCUT2D eigenvalue weighted by Gasteiger charge is 2.25. The van der Waals surface area contributed by atoms with Crippen LogP contribution in [0.25, 0.3) is 0 Å². The minimum absolute atomic E-state index is 0.201. The largest absolute Gasteiger partial charge is 0.497 e. The monoisotopic (exact) mass is 344 g/mol. The molecule has 1 amide bonds. The van der Waals surface area contributed by atoms with E-state index in [4.69, 9.17) is 4.74 Å². The van der Waals surface area contributed by atoms with Gasteiger partial charge < -0.3 is 9.64 Å². The average molecular weight is 344 g/mol. The fourth-order valence-corrected chi connectivity index (χ4v) is 3.95. The summed E-state index contributed by atoms with van der Waals surface area (Å²) in [4.78, 5) is 18.4. The van der Waals surface area contributed by atoms with Gasteiger partial charge in [0.05, 0.1) is 13.5 Å². The van der Waals surface area contributed by atoms with E-state index in [-0.39, 0.29) is 5.91 Å². The van der Waals surface area contributed by atoms with Crippen molar-refractivity contribution >= 4 is 17.2 Å². The van der Waals surface area contributed by atoms with Crippen LogP contribution in [-0.4, -0.2) is 49.0 Å². The number of benzene rings is 1. The summed E-state index contributed by atoms with van der Waals surface area (Å²) in [5, 5.41) is 2.12. The lowest BCUT2D eigenvalue weighted by Gasteiger charge is -2.37. The van der Waals surface area contributed by atoms with Gasteiger partial charge in [-0.25, -0.2) is 0 Å². The van der Waals surface area contributed by atoms with Crippen molar-refractivity contribution in [1.82, 2.24) is 9.80 Å². The van der Waals surface area contributed by atoms with Crippen molar-refractivity contribution < 1.29 is 9.53 Å². The number of hydrogen-bond acceptors (Lipinski definition) is 4. The smallest absolute Gasteiger partial charge is 0.227 e. The topological polar surface area (TPSA) is 32.8 Å². The normalized spacial score (nSPS) is 16.8. The second-order valence-electron chi connectivity index (χ2n) is 6.14. The fourth-order valence-electron chi connectivity index (χ4n) is 3.14. The second-order valence-corrected chi connectivity index (χ2v) is 7.12. The SMILES string of the molecule is COc1cccc(CC(=O)N2CCN(C(C)c3cccs3)CC2)c1. The number of carbonyl (C=O) groups is 1. The summed E-state index contributed by atoms with van der Waals surface area (Å²) in [6.07, 6.45) is 0.442. The molecule has 1 aromatic carbocycles. The van der Waals surface area contributed by atoms with E-state index in [0.717, 1.165) is 37.5 Å². The highest BCUT2D eigenvalue weighted by molar-refractivity contribution is 7.10. The Morgan fingerprint density at radius 1 is 1.21 bits per heavy atom. The van der Waals surface area contributed by atoms with E-state index >= 15 is 0 Å².